The number of hydrogen-bond donors (Lipinski definition) is 0. The molecule has 9 aromatic carbocycles. The van der Waals surface area contributed by atoms with Crippen LogP contribution < -0.4 is 0 Å². The zero-order valence-corrected chi connectivity index (χ0v) is 37.1. The molecule has 0 amide bonds. The van der Waals surface area contributed by atoms with Gasteiger partial charge >= 0.3 is 0 Å². The smallest absolute Gasteiger partial charge is 0.164 e. The van der Waals surface area contributed by atoms with Crippen LogP contribution in [0.5, 0.6) is 0 Å². The lowest BCUT2D eigenvalue weighted by Gasteiger charge is -2.22. The summed E-state index contributed by atoms with van der Waals surface area (Å²) in [5.41, 5.74) is 16.9. The van der Waals surface area contributed by atoms with Crippen molar-refractivity contribution in [2.75, 3.05) is 0 Å². The molecule has 2 heterocycles. The molecule has 0 N–H and O–H groups in total. The molecule has 5 nitrogen and oxygen atoms in total. The average Bonchev–Trinajstić information content (AvgIpc) is 3.62. The SMILES string of the molecule is CC1(C)c2cc(-c3cc(-c4cccc(-c5cccc(-c6nc(-c7ccccc7)nc(-c7cccc(-c8ccccc8)c7)n6)c5)c4)nc(-c4ccccc4)n3)ccc2-c2cc3ccccc3cc21. The van der Waals surface area contributed by atoms with Gasteiger partial charge in [0, 0.05) is 38.8 Å². The zero-order chi connectivity index (χ0) is 44.9. The Balaban J connectivity index is 0.931. The standard InChI is InChI=1S/C62H43N5/c1-62(2)54-38-49(31-32-52(54)53-36-46-23-12-13-24-47(46)37-55(53)62)57-39-56(63-58(64-57)41-19-8-4-9-20-41)48-28-14-26-44(33-48)45-27-16-30-51(35-45)61-66-59(42-21-10-5-11-22-42)65-60(67-61)50-29-15-25-43(34-50)40-17-6-3-7-18-40/h3-39H,1-2H3. The Morgan fingerprint density at radius 3 is 1.21 bits per heavy atom. The molecule has 1 aliphatic carbocycles. The van der Waals surface area contributed by atoms with Crippen molar-refractivity contribution in [3.63, 3.8) is 0 Å². The molecule has 0 fully saturated rings. The van der Waals surface area contributed by atoms with Crippen molar-refractivity contribution in [2.45, 2.75) is 19.3 Å². The minimum absolute atomic E-state index is 0.175. The van der Waals surface area contributed by atoms with Crippen LogP contribution in [-0.2, 0) is 5.41 Å². The van der Waals surface area contributed by atoms with Gasteiger partial charge in [0.05, 0.1) is 11.4 Å². The highest BCUT2D eigenvalue weighted by atomic mass is 15.0. The summed E-state index contributed by atoms with van der Waals surface area (Å²) in [6.07, 6.45) is 0. The van der Waals surface area contributed by atoms with E-state index < -0.39 is 0 Å². The van der Waals surface area contributed by atoms with Crippen LogP contribution in [-0.4, -0.2) is 24.9 Å². The zero-order valence-electron chi connectivity index (χ0n) is 37.1. The van der Waals surface area contributed by atoms with Gasteiger partial charge < -0.3 is 0 Å². The Morgan fingerprint density at radius 2 is 0.642 bits per heavy atom. The maximum atomic E-state index is 5.24. The molecule has 0 aliphatic heterocycles. The van der Waals surface area contributed by atoms with Gasteiger partial charge in [0.1, 0.15) is 0 Å². The summed E-state index contributed by atoms with van der Waals surface area (Å²) >= 11 is 0. The van der Waals surface area contributed by atoms with Gasteiger partial charge in [0.2, 0.25) is 0 Å². The Kier molecular flexibility index (Phi) is 9.76. The van der Waals surface area contributed by atoms with Crippen LogP contribution in [0.4, 0.5) is 0 Å². The summed E-state index contributed by atoms with van der Waals surface area (Å²) < 4.78 is 0. The second-order valence-electron chi connectivity index (χ2n) is 17.7. The molecule has 0 unspecified atom stereocenters. The molecule has 1 aliphatic rings. The molecular formula is C62H43N5. The van der Waals surface area contributed by atoms with E-state index >= 15 is 0 Å². The summed E-state index contributed by atoms with van der Waals surface area (Å²) in [6.45, 7) is 4.68. The monoisotopic (exact) mass is 857 g/mol. The van der Waals surface area contributed by atoms with Gasteiger partial charge in [-0.15, -0.1) is 0 Å². The van der Waals surface area contributed by atoms with Crippen molar-refractivity contribution < 1.29 is 0 Å². The van der Waals surface area contributed by atoms with Crippen LogP contribution in [0.25, 0.3) is 112 Å². The third kappa shape index (κ3) is 7.47. The van der Waals surface area contributed by atoms with Gasteiger partial charge in [-0.25, -0.2) is 24.9 Å². The first-order chi connectivity index (χ1) is 32.9. The number of nitrogens with zero attached hydrogens (tertiary/aromatic N) is 5. The van der Waals surface area contributed by atoms with Crippen LogP contribution in [0, 0.1) is 0 Å². The third-order valence-electron chi connectivity index (χ3n) is 13.1. The predicted molar refractivity (Wildman–Crippen MR) is 274 cm³/mol. The molecule has 0 radical (unpaired) electrons. The third-order valence-corrected chi connectivity index (χ3v) is 13.1. The van der Waals surface area contributed by atoms with E-state index in [1.54, 1.807) is 0 Å². The van der Waals surface area contributed by atoms with Crippen molar-refractivity contribution in [3.8, 4) is 101 Å². The molecule has 67 heavy (non-hydrogen) atoms. The Hall–Kier alpha value is -8.67. The van der Waals surface area contributed by atoms with E-state index in [4.69, 9.17) is 24.9 Å². The van der Waals surface area contributed by atoms with Gasteiger partial charge in [-0.2, -0.15) is 0 Å². The summed E-state index contributed by atoms with van der Waals surface area (Å²) in [7, 11) is 0. The molecule has 2 aromatic heterocycles. The van der Waals surface area contributed by atoms with E-state index in [1.807, 2.05) is 54.6 Å². The van der Waals surface area contributed by atoms with Crippen LogP contribution in [0.3, 0.4) is 0 Å². The fraction of sp³-hybridized carbons (Fsp3) is 0.0484. The Bertz CT molecular complexity index is 3660. The topological polar surface area (TPSA) is 64.5 Å². The second kappa shape index (κ2) is 16.4. The minimum atomic E-state index is -0.175. The average molecular weight is 858 g/mol. The van der Waals surface area contributed by atoms with Crippen LogP contribution in [0.2, 0.25) is 0 Å². The number of aromatic nitrogens is 5. The molecule has 0 saturated heterocycles. The highest BCUT2D eigenvalue weighted by Gasteiger charge is 2.36. The summed E-state index contributed by atoms with van der Waals surface area (Å²) in [6, 6.07) is 78.6. The fourth-order valence-corrected chi connectivity index (χ4v) is 9.56. The Morgan fingerprint density at radius 1 is 0.254 bits per heavy atom. The number of hydrogen-bond acceptors (Lipinski definition) is 5. The van der Waals surface area contributed by atoms with Crippen LogP contribution in [0.1, 0.15) is 25.0 Å². The summed E-state index contributed by atoms with van der Waals surface area (Å²) in [4.78, 5) is 25.7. The van der Waals surface area contributed by atoms with E-state index in [1.165, 1.54) is 33.0 Å². The van der Waals surface area contributed by atoms with E-state index in [0.29, 0.717) is 23.3 Å². The lowest BCUT2D eigenvalue weighted by molar-refractivity contribution is 0.661. The van der Waals surface area contributed by atoms with E-state index in [-0.39, 0.29) is 5.41 Å². The van der Waals surface area contributed by atoms with Gasteiger partial charge in [-0.1, -0.05) is 196 Å². The minimum Gasteiger partial charge on any atom is -0.228 e. The van der Waals surface area contributed by atoms with E-state index in [2.05, 4.69) is 184 Å². The van der Waals surface area contributed by atoms with Crippen molar-refractivity contribution in [1.29, 1.82) is 0 Å². The lowest BCUT2D eigenvalue weighted by Crippen LogP contribution is -2.15. The highest BCUT2D eigenvalue weighted by molar-refractivity contribution is 5.94. The van der Waals surface area contributed by atoms with Crippen molar-refractivity contribution in [1.82, 2.24) is 24.9 Å². The molecule has 0 atom stereocenters. The van der Waals surface area contributed by atoms with Gasteiger partial charge in [0.15, 0.2) is 23.3 Å². The maximum absolute atomic E-state index is 5.24. The van der Waals surface area contributed by atoms with E-state index in [0.717, 1.165) is 67.0 Å². The largest absolute Gasteiger partial charge is 0.228 e. The van der Waals surface area contributed by atoms with Crippen molar-refractivity contribution in [2.24, 2.45) is 0 Å². The van der Waals surface area contributed by atoms with Gasteiger partial charge in [-0.05, 0) is 97.7 Å². The first-order valence-corrected chi connectivity index (χ1v) is 22.7. The number of fused-ring (bicyclic) bond motifs is 4. The molecule has 11 aromatic rings. The van der Waals surface area contributed by atoms with Crippen LogP contribution >= 0.6 is 0 Å². The molecule has 0 bridgehead atoms. The number of benzene rings is 9. The Labute approximate surface area is 390 Å². The van der Waals surface area contributed by atoms with Gasteiger partial charge in [-0.3, -0.25) is 0 Å². The molecule has 5 heteroatoms. The second-order valence-corrected chi connectivity index (χ2v) is 17.7. The maximum Gasteiger partial charge on any atom is 0.164 e. The lowest BCUT2D eigenvalue weighted by atomic mass is 9.81. The van der Waals surface area contributed by atoms with Crippen LogP contribution in [0.15, 0.2) is 224 Å². The normalized spacial score (nSPS) is 12.4. The summed E-state index contributed by atoms with van der Waals surface area (Å²) in [5, 5.41) is 2.52. The van der Waals surface area contributed by atoms with Gasteiger partial charge in [0.25, 0.3) is 0 Å². The van der Waals surface area contributed by atoms with E-state index in [9.17, 15) is 0 Å². The molecule has 12 rings (SSSR count). The van der Waals surface area contributed by atoms with Crippen molar-refractivity contribution >= 4 is 10.8 Å². The van der Waals surface area contributed by atoms with Crippen molar-refractivity contribution in [3.05, 3.63) is 236 Å². The quantitative estimate of drug-likeness (QED) is 0.152. The summed E-state index contributed by atoms with van der Waals surface area (Å²) in [5.74, 6) is 2.53. The molecule has 0 saturated carbocycles. The molecule has 316 valence electrons. The fourth-order valence-electron chi connectivity index (χ4n) is 9.56. The molecular weight excluding hydrogens is 815 g/mol. The highest BCUT2D eigenvalue weighted by Crippen LogP contribution is 2.51. The first kappa shape index (κ1) is 39.9. The molecule has 0 spiro atoms. The predicted octanol–water partition coefficient (Wildman–Crippen LogP) is 15.5. The first-order valence-electron chi connectivity index (χ1n) is 22.7. The number of rotatable bonds is 8.